The van der Waals surface area contributed by atoms with Gasteiger partial charge in [0.05, 0.1) is 5.69 Å². The van der Waals surface area contributed by atoms with E-state index < -0.39 is 0 Å². The van der Waals surface area contributed by atoms with Crippen LogP contribution in [0, 0.1) is 0 Å². The van der Waals surface area contributed by atoms with Crippen LogP contribution in [0.1, 0.15) is 25.8 Å². The van der Waals surface area contributed by atoms with Crippen molar-refractivity contribution in [2.45, 2.75) is 32.9 Å². The largest absolute Gasteiger partial charge is 0.324 e. The minimum atomic E-state index is 0.0869. The van der Waals surface area contributed by atoms with Gasteiger partial charge in [0.25, 0.3) is 0 Å². The van der Waals surface area contributed by atoms with Gasteiger partial charge in [-0.15, -0.1) is 0 Å². The summed E-state index contributed by atoms with van der Waals surface area (Å²) in [6, 6.07) is 8.53. The standard InChI is InChI=1S/C15H23N3O/c1-4-9-16-12(2)10-18-14-8-6-5-7-13(14)11-17(3)15(18)19/h5-8,12,16H,4,9-11H2,1-3H3. The number of carbonyl (C=O) groups excluding carboxylic acids is 1. The maximum absolute atomic E-state index is 12.3. The van der Waals surface area contributed by atoms with Crippen LogP contribution in [-0.4, -0.2) is 37.1 Å². The van der Waals surface area contributed by atoms with Gasteiger partial charge in [-0.1, -0.05) is 25.1 Å². The average Bonchev–Trinajstić information content (AvgIpc) is 2.41. The molecule has 19 heavy (non-hydrogen) atoms. The van der Waals surface area contributed by atoms with Gasteiger partial charge in [0.1, 0.15) is 0 Å². The van der Waals surface area contributed by atoms with E-state index in [0.29, 0.717) is 19.1 Å². The molecule has 4 nitrogen and oxygen atoms in total. The van der Waals surface area contributed by atoms with Crippen molar-refractivity contribution >= 4 is 11.7 Å². The van der Waals surface area contributed by atoms with E-state index >= 15 is 0 Å². The van der Waals surface area contributed by atoms with Gasteiger partial charge in [-0.25, -0.2) is 4.79 Å². The van der Waals surface area contributed by atoms with E-state index in [-0.39, 0.29) is 6.03 Å². The topological polar surface area (TPSA) is 35.6 Å². The van der Waals surface area contributed by atoms with E-state index in [1.807, 2.05) is 30.1 Å². The number of rotatable bonds is 5. The van der Waals surface area contributed by atoms with Crippen LogP contribution in [0.25, 0.3) is 0 Å². The molecule has 0 fully saturated rings. The third kappa shape index (κ3) is 3.07. The lowest BCUT2D eigenvalue weighted by Crippen LogP contribution is -2.50. The Balaban J connectivity index is 2.16. The summed E-state index contributed by atoms with van der Waals surface area (Å²) in [7, 11) is 1.86. The summed E-state index contributed by atoms with van der Waals surface area (Å²) in [6.45, 7) is 6.66. The number of anilines is 1. The van der Waals surface area contributed by atoms with Crippen LogP contribution in [0.5, 0.6) is 0 Å². The normalized spacial score (nSPS) is 16.5. The minimum Gasteiger partial charge on any atom is -0.323 e. The maximum Gasteiger partial charge on any atom is 0.324 e. The highest BCUT2D eigenvalue weighted by atomic mass is 16.2. The van der Waals surface area contributed by atoms with Gasteiger partial charge in [0.2, 0.25) is 0 Å². The summed E-state index contributed by atoms with van der Waals surface area (Å²) in [5.41, 5.74) is 2.27. The first-order chi connectivity index (χ1) is 9.13. The zero-order chi connectivity index (χ0) is 13.8. The predicted octanol–water partition coefficient (Wildman–Crippen LogP) is 2.45. The Morgan fingerprint density at radius 2 is 2.11 bits per heavy atom. The van der Waals surface area contributed by atoms with Crippen molar-refractivity contribution < 1.29 is 4.79 Å². The highest BCUT2D eigenvalue weighted by Crippen LogP contribution is 2.27. The van der Waals surface area contributed by atoms with Gasteiger partial charge in [-0.2, -0.15) is 0 Å². The molecule has 0 aromatic heterocycles. The number of hydrogen-bond donors (Lipinski definition) is 1. The molecule has 0 saturated heterocycles. The van der Waals surface area contributed by atoms with Gasteiger partial charge in [-0.05, 0) is 31.5 Å². The van der Waals surface area contributed by atoms with Gasteiger partial charge in [-0.3, -0.25) is 4.90 Å². The van der Waals surface area contributed by atoms with Crippen molar-refractivity contribution in [3.05, 3.63) is 29.8 Å². The van der Waals surface area contributed by atoms with Crippen LogP contribution >= 0.6 is 0 Å². The molecule has 0 aliphatic carbocycles. The van der Waals surface area contributed by atoms with Gasteiger partial charge < -0.3 is 10.2 Å². The van der Waals surface area contributed by atoms with Gasteiger partial charge in [0, 0.05) is 26.2 Å². The fourth-order valence-corrected chi connectivity index (χ4v) is 2.45. The molecule has 2 amide bonds. The SMILES string of the molecule is CCCNC(C)CN1C(=O)N(C)Cc2ccccc21. The molecule has 1 atom stereocenters. The first-order valence-corrected chi connectivity index (χ1v) is 6.97. The number of amides is 2. The quantitative estimate of drug-likeness (QED) is 0.883. The first-order valence-electron chi connectivity index (χ1n) is 6.97. The molecule has 104 valence electrons. The number of fused-ring (bicyclic) bond motifs is 1. The van der Waals surface area contributed by atoms with Crippen LogP contribution in [0.4, 0.5) is 10.5 Å². The third-order valence-electron chi connectivity index (χ3n) is 3.45. The Bertz CT molecular complexity index is 447. The molecule has 0 saturated carbocycles. The van der Waals surface area contributed by atoms with Crippen molar-refractivity contribution in [2.75, 3.05) is 25.0 Å². The smallest absolute Gasteiger partial charge is 0.323 e. The van der Waals surface area contributed by atoms with E-state index in [2.05, 4.69) is 25.2 Å². The lowest BCUT2D eigenvalue weighted by atomic mass is 10.1. The molecule has 1 N–H and O–H groups in total. The number of benzene rings is 1. The molecule has 1 unspecified atom stereocenters. The van der Waals surface area contributed by atoms with Crippen molar-refractivity contribution in [2.24, 2.45) is 0 Å². The highest BCUT2D eigenvalue weighted by molar-refractivity contribution is 5.94. The molecule has 1 aliphatic rings. The predicted molar refractivity (Wildman–Crippen MR) is 78.4 cm³/mol. The number of urea groups is 1. The number of nitrogens with one attached hydrogen (secondary N) is 1. The number of hydrogen-bond acceptors (Lipinski definition) is 2. The minimum absolute atomic E-state index is 0.0869. The summed E-state index contributed by atoms with van der Waals surface area (Å²) in [5.74, 6) is 0. The van der Waals surface area contributed by atoms with Gasteiger partial charge >= 0.3 is 6.03 Å². The van der Waals surface area contributed by atoms with Crippen molar-refractivity contribution in [3.8, 4) is 0 Å². The van der Waals surface area contributed by atoms with Crippen molar-refractivity contribution in [3.63, 3.8) is 0 Å². The van der Waals surface area contributed by atoms with E-state index in [1.54, 1.807) is 4.90 Å². The Morgan fingerprint density at radius 1 is 1.37 bits per heavy atom. The third-order valence-corrected chi connectivity index (χ3v) is 3.45. The molecular weight excluding hydrogens is 238 g/mol. The fraction of sp³-hybridized carbons (Fsp3) is 0.533. The zero-order valence-corrected chi connectivity index (χ0v) is 12.0. The average molecular weight is 261 g/mol. The summed E-state index contributed by atoms with van der Waals surface area (Å²) < 4.78 is 0. The molecule has 0 spiro atoms. The second-order valence-electron chi connectivity index (χ2n) is 5.23. The fourth-order valence-electron chi connectivity index (χ4n) is 2.45. The number of carbonyl (C=O) groups is 1. The second kappa shape index (κ2) is 6.06. The lowest BCUT2D eigenvalue weighted by Gasteiger charge is -2.36. The van der Waals surface area contributed by atoms with Crippen molar-refractivity contribution in [1.29, 1.82) is 0 Å². The summed E-state index contributed by atoms with van der Waals surface area (Å²) in [6.07, 6.45) is 1.11. The Morgan fingerprint density at radius 3 is 2.84 bits per heavy atom. The Labute approximate surface area is 115 Å². The van der Waals surface area contributed by atoms with Crippen LogP contribution in [0.15, 0.2) is 24.3 Å². The summed E-state index contributed by atoms with van der Waals surface area (Å²) in [4.78, 5) is 16.0. The summed E-state index contributed by atoms with van der Waals surface area (Å²) in [5, 5.41) is 3.43. The Hall–Kier alpha value is -1.55. The van der Waals surface area contributed by atoms with Crippen LogP contribution < -0.4 is 10.2 Å². The highest BCUT2D eigenvalue weighted by Gasteiger charge is 2.28. The monoisotopic (exact) mass is 261 g/mol. The van der Waals surface area contributed by atoms with E-state index in [9.17, 15) is 4.79 Å². The molecular formula is C15H23N3O. The maximum atomic E-state index is 12.3. The van der Waals surface area contributed by atoms with Crippen LogP contribution in [0.2, 0.25) is 0 Å². The van der Waals surface area contributed by atoms with Crippen LogP contribution in [0.3, 0.4) is 0 Å². The number of para-hydroxylation sites is 1. The molecule has 1 heterocycles. The lowest BCUT2D eigenvalue weighted by molar-refractivity contribution is 0.209. The van der Waals surface area contributed by atoms with Crippen LogP contribution in [-0.2, 0) is 6.54 Å². The van der Waals surface area contributed by atoms with E-state index in [4.69, 9.17) is 0 Å². The second-order valence-corrected chi connectivity index (χ2v) is 5.23. The summed E-state index contributed by atoms with van der Waals surface area (Å²) >= 11 is 0. The van der Waals surface area contributed by atoms with E-state index in [0.717, 1.165) is 18.7 Å². The molecule has 0 bridgehead atoms. The molecule has 4 heteroatoms. The first kappa shape index (κ1) is 13.9. The molecule has 0 radical (unpaired) electrons. The molecule has 1 aromatic carbocycles. The molecule has 1 aromatic rings. The molecule has 2 rings (SSSR count). The van der Waals surface area contributed by atoms with Gasteiger partial charge in [0.15, 0.2) is 0 Å². The number of nitrogens with zero attached hydrogens (tertiary/aromatic N) is 2. The zero-order valence-electron chi connectivity index (χ0n) is 12.0. The Kier molecular flexibility index (Phi) is 4.43. The van der Waals surface area contributed by atoms with E-state index in [1.165, 1.54) is 5.56 Å². The van der Waals surface area contributed by atoms with Crippen molar-refractivity contribution in [1.82, 2.24) is 10.2 Å². The molecule has 1 aliphatic heterocycles.